The SMILES string of the molecule is Nc1cccc(SCCC(=O)Nc2ccccc2Cl)c1. The number of carbonyl (C=O) groups excluding carboxylic acids is 1. The van der Waals surface area contributed by atoms with Gasteiger partial charge in [-0.2, -0.15) is 0 Å². The highest BCUT2D eigenvalue weighted by Crippen LogP contribution is 2.22. The number of benzene rings is 2. The van der Waals surface area contributed by atoms with E-state index in [1.54, 1.807) is 23.9 Å². The molecule has 0 spiro atoms. The predicted molar refractivity (Wildman–Crippen MR) is 86.3 cm³/mol. The quantitative estimate of drug-likeness (QED) is 0.647. The first kappa shape index (κ1) is 14.8. The number of nitrogens with one attached hydrogen (secondary N) is 1. The third-order valence-electron chi connectivity index (χ3n) is 2.60. The molecule has 104 valence electrons. The molecule has 2 aromatic rings. The molecule has 1 amide bonds. The van der Waals surface area contributed by atoms with E-state index in [0.717, 1.165) is 10.6 Å². The molecule has 0 heterocycles. The zero-order valence-electron chi connectivity index (χ0n) is 10.8. The smallest absolute Gasteiger partial charge is 0.225 e. The molecule has 0 aliphatic heterocycles. The Labute approximate surface area is 127 Å². The highest BCUT2D eigenvalue weighted by molar-refractivity contribution is 7.99. The van der Waals surface area contributed by atoms with E-state index in [4.69, 9.17) is 17.3 Å². The van der Waals surface area contributed by atoms with Crippen LogP contribution in [-0.4, -0.2) is 11.7 Å². The number of nitrogen functional groups attached to an aromatic ring is 1. The van der Waals surface area contributed by atoms with E-state index in [0.29, 0.717) is 22.9 Å². The molecule has 0 saturated carbocycles. The Morgan fingerprint density at radius 2 is 2.00 bits per heavy atom. The molecule has 2 aromatic carbocycles. The summed E-state index contributed by atoms with van der Waals surface area (Å²) in [6.07, 6.45) is 0.421. The Hall–Kier alpha value is -1.65. The lowest BCUT2D eigenvalue weighted by Crippen LogP contribution is -2.12. The second-order valence-electron chi connectivity index (χ2n) is 4.20. The maximum absolute atomic E-state index is 11.8. The van der Waals surface area contributed by atoms with Crippen molar-refractivity contribution in [1.29, 1.82) is 0 Å². The van der Waals surface area contributed by atoms with Gasteiger partial charge in [0.05, 0.1) is 10.7 Å². The van der Waals surface area contributed by atoms with Crippen molar-refractivity contribution in [1.82, 2.24) is 0 Å². The topological polar surface area (TPSA) is 55.1 Å². The Morgan fingerprint density at radius 1 is 1.20 bits per heavy atom. The van der Waals surface area contributed by atoms with Gasteiger partial charge in [0.2, 0.25) is 5.91 Å². The van der Waals surface area contributed by atoms with Crippen molar-refractivity contribution in [2.24, 2.45) is 0 Å². The summed E-state index contributed by atoms with van der Waals surface area (Å²) in [4.78, 5) is 12.9. The molecule has 0 aliphatic carbocycles. The number of para-hydroxylation sites is 1. The number of hydrogen-bond acceptors (Lipinski definition) is 3. The molecule has 0 saturated heterocycles. The molecular formula is C15H15ClN2OS. The molecule has 5 heteroatoms. The second-order valence-corrected chi connectivity index (χ2v) is 5.77. The predicted octanol–water partition coefficient (Wildman–Crippen LogP) is 4.04. The largest absolute Gasteiger partial charge is 0.399 e. The minimum Gasteiger partial charge on any atom is -0.399 e. The van der Waals surface area contributed by atoms with E-state index in [1.165, 1.54) is 0 Å². The zero-order valence-corrected chi connectivity index (χ0v) is 12.4. The van der Waals surface area contributed by atoms with Crippen LogP contribution in [-0.2, 0) is 4.79 Å². The molecule has 0 bridgehead atoms. The van der Waals surface area contributed by atoms with E-state index in [1.807, 2.05) is 36.4 Å². The lowest BCUT2D eigenvalue weighted by molar-refractivity contribution is -0.115. The minimum atomic E-state index is -0.0468. The van der Waals surface area contributed by atoms with E-state index in [2.05, 4.69) is 5.32 Å². The Kier molecular flexibility index (Phi) is 5.32. The van der Waals surface area contributed by atoms with Gasteiger partial charge in [-0.3, -0.25) is 4.79 Å². The molecular weight excluding hydrogens is 292 g/mol. The van der Waals surface area contributed by atoms with Crippen molar-refractivity contribution >= 4 is 40.6 Å². The van der Waals surface area contributed by atoms with Gasteiger partial charge in [0.1, 0.15) is 0 Å². The van der Waals surface area contributed by atoms with Crippen molar-refractivity contribution in [3.8, 4) is 0 Å². The second kappa shape index (κ2) is 7.22. The van der Waals surface area contributed by atoms with Crippen LogP contribution in [0.2, 0.25) is 5.02 Å². The van der Waals surface area contributed by atoms with Crippen molar-refractivity contribution in [3.05, 3.63) is 53.6 Å². The van der Waals surface area contributed by atoms with E-state index in [-0.39, 0.29) is 5.91 Å². The van der Waals surface area contributed by atoms with Crippen LogP contribution in [0.5, 0.6) is 0 Å². The standard InChI is InChI=1S/C15H15ClN2OS/c16-13-6-1-2-7-14(13)18-15(19)8-9-20-12-5-3-4-11(17)10-12/h1-7,10H,8-9,17H2,(H,18,19). The maximum Gasteiger partial charge on any atom is 0.225 e. The van der Waals surface area contributed by atoms with Crippen molar-refractivity contribution < 1.29 is 4.79 Å². The van der Waals surface area contributed by atoms with Crippen molar-refractivity contribution in [3.63, 3.8) is 0 Å². The van der Waals surface area contributed by atoms with Crippen molar-refractivity contribution in [2.75, 3.05) is 16.8 Å². The Balaban J connectivity index is 1.80. The van der Waals surface area contributed by atoms with E-state index < -0.39 is 0 Å². The molecule has 3 nitrogen and oxygen atoms in total. The molecule has 0 radical (unpaired) electrons. The number of anilines is 2. The first-order valence-corrected chi connectivity index (χ1v) is 7.54. The molecule has 0 aliphatic rings. The molecule has 3 N–H and O–H groups in total. The number of amides is 1. The normalized spacial score (nSPS) is 10.2. The summed E-state index contributed by atoms with van der Waals surface area (Å²) >= 11 is 7.59. The van der Waals surface area contributed by atoms with Gasteiger partial charge in [0.25, 0.3) is 0 Å². The molecule has 20 heavy (non-hydrogen) atoms. The van der Waals surface area contributed by atoms with Crippen LogP contribution in [0.4, 0.5) is 11.4 Å². The number of halogens is 1. The average molecular weight is 307 g/mol. The molecule has 0 atom stereocenters. The highest BCUT2D eigenvalue weighted by Gasteiger charge is 2.05. The van der Waals surface area contributed by atoms with Gasteiger partial charge in [-0.05, 0) is 30.3 Å². The van der Waals surface area contributed by atoms with Crippen LogP contribution < -0.4 is 11.1 Å². The van der Waals surface area contributed by atoms with Gasteiger partial charge in [-0.15, -0.1) is 11.8 Å². The summed E-state index contributed by atoms with van der Waals surface area (Å²) < 4.78 is 0. The zero-order chi connectivity index (χ0) is 14.4. The third kappa shape index (κ3) is 4.47. The summed E-state index contributed by atoms with van der Waals surface area (Å²) in [6.45, 7) is 0. The fourth-order valence-electron chi connectivity index (χ4n) is 1.64. The minimum absolute atomic E-state index is 0.0468. The first-order valence-electron chi connectivity index (χ1n) is 6.18. The lowest BCUT2D eigenvalue weighted by Gasteiger charge is -2.07. The summed E-state index contributed by atoms with van der Waals surface area (Å²) in [5, 5.41) is 3.34. The average Bonchev–Trinajstić information content (AvgIpc) is 2.41. The number of hydrogen-bond donors (Lipinski definition) is 2. The molecule has 0 unspecified atom stereocenters. The van der Waals surface area contributed by atoms with Gasteiger partial charge in [-0.25, -0.2) is 0 Å². The summed E-state index contributed by atoms with van der Waals surface area (Å²) in [7, 11) is 0. The first-order chi connectivity index (χ1) is 9.65. The summed E-state index contributed by atoms with van der Waals surface area (Å²) in [6, 6.07) is 14.8. The molecule has 2 rings (SSSR count). The van der Waals surface area contributed by atoms with Crippen molar-refractivity contribution in [2.45, 2.75) is 11.3 Å². The lowest BCUT2D eigenvalue weighted by atomic mass is 10.3. The fraction of sp³-hybridized carbons (Fsp3) is 0.133. The molecule has 0 aromatic heterocycles. The summed E-state index contributed by atoms with van der Waals surface area (Å²) in [5.74, 6) is 0.647. The molecule has 0 fully saturated rings. The van der Waals surface area contributed by atoms with Gasteiger partial charge in [0, 0.05) is 22.8 Å². The Bertz CT molecular complexity index is 604. The summed E-state index contributed by atoms with van der Waals surface area (Å²) in [5.41, 5.74) is 7.08. The van der Waals surface area contributed by atoms with Gasteiger partial charge in [-0.1, -0.05) is 29.8 Å². The van der Waals surface area contributed by atoms with Gasteiger partial charge >= 0.3 is 0 Å². The van der Waals surface area contributed by atoms with Crippen LogP contribution >= 0.6 is 23.4 Å². The monoisotopic (exact) mass is 306 g/mol. The van der Waals surface area contributed by atoms with Crippen LogP contribution in [0.15, 0.2) is 53.4 Å². The van der Waals surface area contributed by atoms with E-state index >= 15 is 0 Å². The number of rotatable bonds is 5. The third-order valence-corrected chi connectivity index (χ3v) is 3.93. The van der Waals surface area contributed by atoms with Gasteiger partial charge < -0.3 is 11.1 Å². The van der Waals surface area contributed by atoms with Crippen LogP contribution in [0.1, 0.15) is 6.42 Å². The van der Waals surface area contributed by atoms with E-state index in [9.17, 15) is 4.79 Å². The Morgan fingerprint density at radius 3 is 2.75 bits per heavy atom. The van der Waals surface area contributed by atoms with Crippen LogP contribution in [0.25, 0.3) is 0 Å². The van der Waals surface area contributed by atoms with Crippen LogP contribution in [0, 0.1) is 0 Å². The number of carbonyl (C=O) groups is 1. The maximum atomic E-state index is 11.8. The van der Waals surface area contributed by atoms with Crippen LogP contribution in [0.3, 0.4) is 0 Å². The number of thioether (sulfide) groups is 1. The fourth-order valence-corrected chi connectivity index (χ4v) is 2.74. The van der Waals surface area contributed by atoms with Gasteiger partial charge in [0.15, 0.2) is 0 Å². The highest BCUT2D eigenvalue weighted by atomic mass is 35.5. The number of nitrogens with two attached hydrogens (primary N) is 1.